The minimum absolute atomic E-state index is 0.00295. The van der Waals surface area contributed by atoms with Crippen molar-refractivity contribution in [2.45, 2.75) is 0 Å². The van der Waals surface area contributed by atoms with Crippen LogP contribution in [0.5, 0.6) is 0 Å². The second-order valence-corrected chi connectivity index (χ2v) is 5.35. The molecule has 1 fully saturated rings. The topological polar surface area (TPSA) is 78.8 Å². The Bertz CT molecular complexity index is 478. The SMILES string of the molecule is COCCN1CCN(c2ncc(Br)c(C(=O)O)n2)CC1. The molecule has 0 unspecified atom stereocenters. The highest BCUT2D eigenvalue weighted by Gasteiger charge is 2.20. The number of rotatable bonds is 5. The molecule has 8 heteroatoms. The molecular formula is C12H17BrN4O3. The van der Waals surface area contributed by atoms with Crippen molar-refractivity contribution in [1.29, 1.82) is 0 Å². The van der Waals surface area contributed by atoms with Gasteiger partial charge in [0, 0.05) is 46.0 Å². The minimum Gasteiger partial charge on any atom is -0.476 e. The van der Waals surface area contributed by atoms with E-state index >= 15 is 0 Å². The highest BCUT2D eigenvalue weighted by atomic mass is 79.9. The highest BCUT2D eigenvalue weighted by Crippen LogP contribution is 2.18. The zero-order valence-electron chi connectivity index (χ0n) is 11.3. The number of aromatic carboxylic acids is 1. The molecule has 1 N–H and O–H groups in total. The van der Waals surface area contributed by atoms with Gasteiger partial charge >= 0.3 is 5.97 Å². The zero-order chi connectivity index (χ0) is 14.5. The van der Waals surface area contributed by atoms with E-state index in [0.29, 0.717) is 10.4 Å². The first kappa shape index (κ1) is 15.1. The van der Waals surface area contributed by atoms with E-state index in [9.17, 15) is 4.79 Å². The maximum absolute atomic E-state index is 11.1. The largest absolute Gasteiger partial charge is 0.476 e. The third-order valence-electron chi connectivity index (χ3n) is 3.20. The molecule has 1 saturated heterocycles. The number of anilines is 1. The van der Waals surface area contributed by atoms with Crippen LogP contribution in [0, 0.1) is 0 Å². The van der Waals surface area contributed by atoms with Gasteiger partial charge in [0.25, 0.3) is 0 Å². The number of hydrogen-bond donors (Lipinski definition) is 1. The van der Waals surface area contributed by atoms with Crippen LogP contribution in [0.15, 0.2) is 10.7 Å². The molecule has 110 valence electrons. The lowest BCUT2D eigenvalue weighted by Gasteiger charge is -2.34. The fraction of sp³-hybridized carbons (Fsp3) is 0.583. The van der Waals surface area contributed by atoms with Gasteiger partial charge in [-0.2, -0.15) is 0 Å². The molecule has 0 spiro atoms. The molecule has 0 aromatic carbocycles. The lowest BCUT2D eigenvalue weighted by atomic mass is 10.3. The number of ether oxygens (including phenoxy) is 1. The molecule has 0 aliphatic carbocycles. The highest BCUT2D eigenvalue weighted by molar-refractivity contribution is 9.10. The first-order valence-electron chi connectivity index (χ1n) is 6.34. The predicted octanol–water partition coefficient (Wildman–Crippen LogP) is 0.706. The number of hydrogen-bond acceptors (Lipinski definition) is 6. The fourth-order valence-corrected chi connectivity index (χ4v) is 2.41. The zero-order valence-corrected chi connectivity index (χ0v) is 12.8. The van der Waals surface area contributed by atoms with Gasteiger partial charge < -0.3 is 14.7 Å². The molecule has 1 aliphatic heterocycles. The molecule has 0 saturated carbocycles. The van der Waals surface area contributed by atoms with E-state index < -0.39 is 5.97 Å². The first-order chi connectivity index (χ1) is 9.61. The van der Waals surface area contributed by atoms with Crippen LogP contribution in [-0.2, 0) is 4.74 Å². The number of carboxylic acids is 1. The van der Waals surface area contributed by atoms with Crippen LogP contribution in [0.3, 0.4) is 0 Å². The smallest absolute Gasteiger partial charge is 0.355 e. The molecule has 0 amide bonds. The Balaban J connectivity index is 2.00. The van der Waals surface area contributed by atoms with Crippen molar-refractivity contribution in [3.8, 4) is 0 Å². The maximum Gasteiger partial charge on any atom is 0.355 e. The van der Waals surface area contributed by atoms with Gasteiger partial charge in [-0.05, 0) is 15.9 Å². The monoisotopic (exact) mass is 344 g/mol. The lowest BCUT2D eigenvalue weighted by molar-refractivity contribution is 0.0689. The van der Waals surface area contributed by atoms with E-state index in [0.717, 1.165) is 39.3 Å². The van der Waals surface area contributed by atoms with E-state index in [1.54, 1.807) is 7.11 Å². The maximum atomic E-state index is 11.1. The summed E-state index contributed by atoms with van der Waals surface area (Å²) in [5.41, 5.74) is -0.00295. The summed E-state index contributed by atoms with van der Waals surface area (Å²) in [7, 11) is 1.69. The number of carboxylic acid groups (broad SMARTS) is 1. The van der Waals surface area contributed by atoms with Crippen molar-refractivity contribution in [3.05, 3.63) is 16.4 Å². The van der Waals surface area contributed by atoms with Crippen LogP contribution in [0.1, 0.15) is 10.5 Å². The second kappa shape index (κ2) is 6.96. The van der Waals surface area contributed by atoms with E-state index in [2.05, 4.69) is 30.8 Å². The Hall–Kier alpha value is -1.25. The van der Waals surface area contributed by atoms with Crippen molar-refractivity contribution in [2.75, 3.05) is 51.3 Å². The fourth-order valence-electron chi connectivity index (χ4n) is 2.05. The van der Waals surface area contributed by atoms with Crippen LogP contribution in [0.2, 0.25) is 0 Å². The quantitative estimate of drug-likeness (QED) is 0.842. The first-order valence-corrected chi connectivity index (χ1v) is 7.13. The predicted molar refractivity (Wildman–Crippen MR) is 77.2 cm³/mol. The summed E-state index contributed by atoms with van der Waals surface area (Å²) in [6, 6.07) is 0. The number of aromatic nitrogens is 2. The number of nitrogens with zero attached hydrogens (tertiary/aromatic N) is 4. The van der Waals surface area contributed by atoms with Crippen LogP contribution in [-0.4, -0.2) is 72.4 Å². The molecule has 20 heavy (non-hydrogen) atoms. The van der Waals surface area contributed by atoms with Gasteiger partial charge in [-0.1, -0.05) is 0 Å². The standard InChI is InChI=1S/C12H17BrN4O3/c1-20-7-6-16-2-4-17(5-3-16)12-14-8-9(13)10(15-12)11(18)19/h8H,2-7H2,1H3,(H,18,19). The summed E-state index contributed by atoms with van der Waals surface area (Å²) in [6.07, 6.45) is 1.49. The molecule has 1 aromatic heterocycles. The van der Waals surface area contributed by atoms with Crippen LogP contribution >= 0.6 is 15.9 Å². The molecule has 0 atom stereocenters. The van der Waals surface area contributed by atoms with Gasteiger partial charge in [0.2, 0.25) is 5.95 Å². The van der Waals surface area contributed by atoms with Gasteiger partial charge in [-0.3, -0.25) is 4.90 Å². The average molecular weight is 345 g/mol. The second-order valence-electron chi connectivity index (χ2n) is 4.49. The molecule has 0 radical (unpaired) electrons. The normalized spacial score (nSPS) is 16.4. The Kier molecular flexibility index (Phi) is 5.27. The van der Waals surface area contributed by atoms with Gasteiger partial charge in [-0.25, -0.2) is 14.8 Å². The Labute approximate surface area is 125 Å². The van der Waals surface area contributed by atoms with Gasteiger partial charge in [0.15, 0.2) is 5.69 Å². The number of halogens is 1. The summed E-state index contributed by atoms with van der Waals surface area (Å²) < 4.78 is 5.46. The number of methoxy groups -OCH3 is 1. The molecule has 2 rings (SSSR count). The number of carbonyl (C=O) groups is 1. The third kappa shape index (κ3) is 3.65. The molecular weight excluding hydrogens is 328 g/mol. The van der Waals surface area contributed by atoms with Crippen molar-refractivity contribution >= 4 is 27.8 Å². The van der Waals surface area contributed by atoms with Gasteiger partial charge in [-0.15, -0.1) is 0 Å². The summed E-state index contributed by atoms with van der Waals surface area (Å²) in [6.45, 7) is 4.98. The van der Waals surface area contributed by atoms with Crippen molar-refractivity contribution < 1.29 is 14.6 Å². The van der Waals surface area contributed by atoms with Crippen LogP contribution < -0.4 is 4.90 Å². The summed E-state index contributed by atoms with van der Waals surface area (Å²) in [5.74, 6) is -0.587. The molecule has 2 heterocycles. The van der Waals surface area contributed by atoms with Crippen molar-refractivity contribution in [3.63, 3.8) is 0 Å². The molecule has 1 aromatic rings. The minimum atomic E-state index is -1.06. The molecule has 1 aliphatic rings. The van der Waals surface area contributed by atoms with Crippen molar-refractivity contribution in [1.82, 2.24) is 14.9 Å². The van der Waals surface area contributed by atoms with Crippen LogP contribution in [0.4, 0.5) is 5.95 Å². The van der Waals surface area contributed by atoms with E-state index in [1.807, 2.05) is 4.90 Å². The molecule has 0 bridgehead atoms. The van der Waals surface area contributed by atoms with E-state index in [4.69, 9.17) is 9.84 Å². The molecule has 7 nitrogen and oxygen atoms in total. The van der Waals surface area contributed by atoms with E-state index in [-0.39, 0.29) is 5.69 Å². The third-order valence-corrected chi connectivity index (χ3v) is 3.78. The number of piperazine rings is 1. The van der Waals surface area contributed by atoms with Gasteiger partial charge in [0.1, 0.15) is 0 Å². The summed E-state index contributed by atoms with van der Waals surface area (Å²) in [4.78, 5) is 23.7. The van der Waals surface area contributed by atoms with Gasteiger partial charge in [0.05, 0.1) is 11.1 Å². The van der Waals surface area contributed by atoms with Crippen LogP contribution in [0.25, 0.3) is 0 Å². The average Bonchev–Trinajstić information content (AvgIpc) is 2.46. The Morgan fingerprint density at radius 1 is 1.45 bits per heavy atom. The van der Waals surface area contributed by atoms with Crippen molar-refractivity contribution in [2.24, 2.45) is 0 Å². The summed E-state index contributed by atoms with van der Waals surface area (Å²) in [5, 5.41) is 9.07. The Morgan fingerprint density at radius 3 is 2.75 bits per heavy atom. The lowest BCUT2D eigenvalue weighted by Crippen LogP contribution is -2.47. The summed E-state index contributed by atoms with van der Waals surface area (Å²) >= 11 is 3.15. The van der Waals surface area contributed by atoms with E-state index in [1.165, 1.54) is 6.20 Å². The Morgan fingerprint density at radius 2 is 2.15 bits per heavy atom.